The first kappa shape index (κ1) is 19.1. The summed E-state index contributed by atoms with van der Waals surface area (Å²) in [6.45, 7) is 0. The molecule has 2 aromatic rings. The van der Waals surface area contributed by atoms with E-state index in [1.54, 1.807) is 36.4 Å². The van der Waals surface area contributed by atoms with E-state index in [0.29, 0.717) is 28.0 Å². The number of hydrogen-bond acceptors (Lipinski definition) is 4. The molecule has 0 atom stereocenters. The topological polar surface area (TPSA) is 56.8 Å². The van der Waals surface area contributed by atoms with E-state index < -0.39 is 0 Å². The summed E-state index contributed by atoms with van der Waals surface area (Å²) in [7, 11) is 4.60. The number of benzene rings is 2. The lowest BCUT2D eigenvalue weighted by Crippen LogP contribution is -2.08. The summed E-state index contributed by atoms with van der Waals surface area (Å²) in [5.74, 6) is 1.21. The monoisotopic (exact) mass is 425 g/mol. The van der Waals surface area contributed by atoms with Gasteiger partial charge in [-0.15, -0.1) is 0 Å². The number of rotatable bonds is 6. The fraction of sp³-hybridized carbons (Fsp3) is 0.167. The Labute approximate surface area is 159 Å². The zero-order valence-electron chi connectivity index (χ0n) is 13.9. The summed E-state index contributed by atoms with van der Waals surface area (Å²) in [6, 6.07) is 8.72. The third kappa shape index (κ3) is 4.90. The first-order valence-corrected chi connectivity index (χ1v) is 8.39. The Hall–Kier alpha value is -2.18. The zero-order chi connectivity index (χ0) is 18.4. The summed E-state index contributed by atoms with van der Waals surface area (Å²) in [5, 5.41) is 3.17. The van der Waals surface area contributed by atoms with E-state index in [0.717, 1.165) is 10.0 Å². The van der Waals surface area contributed by atoms with Crippen LogP contribution in [0, 0.1) is 0 Å². The average molecular weight is 427 g/mol. The number of halogens is 2. The van der Waals surface area contributed by atoms with Crippen LogP contribution in [0.5, 0.6) is 17.2 Å². The van der Waals surface area contributed by atoms with Crippen molar-refractivity contribution in [2.75, 3.05) is 26.6 Å². The predicted molar refractivity (Wildman–Crippen MR) is 103 cm³/mol. The number of carbonyl (C=O) groups is 1. The van der Waals surface area contributed by atoms with Crippen molar-refractivity contribution in [2.24, 2.45) is 0 Å². The van der Waals surface area contributed by atoms with Gasteiger partial charge in [-0.2, -0.15) is 0 Å². The van der Waals surface area contributed by atoms with E-state index in [9.17, 15) is 4.79 Å². The van der Waals surface area contributed by atoms with Gasteiger partial charge < -0.3 is 19.5 Å². The fourth-order valence-corrected chi connectivity index (χ4v) is 2.86. The lowest BCUT2D eigenvalue weighted by atomic mass is 10.1. The number of ether oxygens (including phenoxy) is 3. The van der Waals surface area contributed by atoms with Crippen molar-refractivity contribution < 1.29 is 19.0 Å². The van der Waals surface area contributed by atoms with Crippen molar-refractivity contribution in [3.05, 3.63) is 51.5 Å². The maximum atomic E-state index is 12.1. The van der Waals surface area contributed by atoms with Crippen molar-refractivity contribution in [2.45, 2.75) is 0 Å². The standard InChI is InChI=1S/C18H17BrClNO4/c1-23-15-8-11(9-16(24-2)18(15)25-3)4-7-17(22)21-14-6-5-12(19)10-13(14)20/h4-10H,1-3H3,(H,21,22)/b7-4+. The van der Waals surface area contributed by atoms with Crippen molar-refractivity contribution in [3.63, 3.8) is 0 Å². The van der Waals surface area contributed by atoms with Gasteiger partial charge in [0.15, 0.2) is 11.5 Å². The Bertz CT molecular complexity index is 783. The van der Waals surface area contributed by atoms with Crippen molar-refractivity contribution >= 4 is 45.2 Å². The molecule has 0 bridgehead atoms. The highest BCUT2D eigenvalue weighted by atomic mass is 79.9. The summed E-state index contributed by atoms with van der Waals surface area (Å²) in [5.41, 5.74) is 1.26. The molecule has 0 radical (unpaired) electrons. The van der Waals surface area contributed by atoms with Crippen molar-refractivity contribution in [1.29, 1.82) is 0 Å². The summed E-state index contributed by atoms with van der Waals surface area (Å²) in [6.07, 6.45) is 3.05. The van der Waals surface area contributed by atoms with Gasteiger partial charge in [-0.05, 0) is 42.0 Å². The van der Waals surface area contributed by atoms with Crippen LogP contribution in [-0.4, -0.2) is 27.2 Å². The third-order valence-corrected chi connectivity index (χ3v) is 4.11. The Morgan fingerprint density at radius 1 is 1.08 bits per heavy atom. The molecule has 25 heavy (non-hydrogen) atoms. The first-order valence-electron chi connectivity index (χ1n) is 7.22. The van der Waals surface area contributed by atoms with Crippen molar-refractivity contribution in [1.82, 2.24) is 0 Å². The number of nitrogens with one attached hydrogen (secondary N) is 1. The summed E-state index contributed by atoms with van der Waals surface area (Å²) in [4.78, 5) is 12.1. The first-order chi connectivity index (χ1) is 12.0. The van der Waals surface area contributed by atoms with Crippen LogP contribution in [0.4, 0.5) is 5.69 Å². The molecule has 0 unspecified atom stereocenters. The molecule has 0 fully saturated rings. The van der Waals surface area contributed by atoms with Crippen LogP contribution in [0.25, 0.3) is 6.08 Å². The van der Waals surface area contributed by atoms with Crippen LogP contribution in [0.15, 0.2) is 40.9 Å². The largest absolute Gasteiger partial charge is 0.493 e. The summed E-state index contributed by atoms with van der Waals surface area (Å²) < 4.78 is 16.7. The van der Waals surface area contributed by atoms with Gasteiger partial charge in [-0.25, -0.2) is 0 Å². The molecule has 0 spiro atoms. The van der Waals surface area contributed by atoms with Gasteiger partial charge in [0.05, 0.1) is 32.0 Å². The SMILES string of the molecule is COc1cc(/C=C/C(=O)Nc2ccc(Br)cc2Cl)cc(OC)c1OC. The quantitative estimate of drug-likeness (QED) is 0.675. The van der Waals surface area contributed by atoms with Crippen LogP contribution in [0.3, 0.4) is 0 Å². The molecule has 0 heterocycles. The van der Waals surface area contributed by atoms with Gasteiger partial charge in [0.2, 0.25) is 11.7 Å². The Balaban J connectivity index is 2.19. The Morgan fingerprint density at radius 2 is 1.72 bits per heavy atom. The molecule has 5 nitrogen and oxygen atoms in total. The van der Waals surface area contributed by atoms with Gasteiger partial charge >= 0.3 is 0 Å². The molecule has 0 aliphatic carbocycles. The van der Waals surface area contributed by atoms with Gasteiger partial charge in [0.1, 0.15) is 0 Å². The predicted octanol–water partition coefficient (Wildman–Crippen LogP) is 4.78. The second-order valence-corrected chi connectivity index (χ2v) is 6.23. The normalized spacial score (nSPS) is 10.6. The van der Waals surface area contributed by atoms with E-state index in [4.69, 9.17) is 25.8 Å². The molecule has 0 aliphatic heterocycles. The Morgan fingerprint density at radius 3 is 2.24 bits per heavy atom. The van der Waals surface area contributed by atoms with Crippen LogP contribution in [0.1, 0.15) is 5.56 Å². The molecule has 0 aliphatic rings. The summed E-state index contributed by atoms with van der Waals surface area (Å²) >= 11 is 9.41. The molecular weight excluding hydrogens is 410 g/mol. The molecule has 1 amide bonds. The van der Waals surface area contributed by atoms with Gasteiger partial charge in [-0.1, -0.05) is 27.5 Å². The zero-order valence-corrected chi connectivity index (χ0v) is 16.3. The molecule has 2 rings (SSSR count). The molecule has 1 N–H and O–H groups in total. The highest BCUT2D eigenvalue weighted by Gasteiger charge is 2.12. The lowest BCUT2D eigenvalue weighted by molar-refractivity contribution is -0.111. The van der Waals surface area contributed by atoms with Crippen LogP contribution in [0.2, 0.25) is 5.02 Å². The number of carbonyl (C=O) groups excluding carboxylic acids is 1. The van der Waals surface area contributed by atoms with Crippen LogP contribution >= 0.6 is 27.5 Å². The number of amides is 1. The number of anilines is 1. The molecule has 2 aromatic carbocycles. The van der Waals surface area contributed by atoms with Gasteiger partial charge in [-0.3, -0.25) is 4.79 Å². The van der Waals surface area contributed by atoms with E-state index in [1.165, 1.54) is 27.4 Å². The average Bonchev–Trinajstić information content (AvgIpc) is 2.61. The molecule has 0 saturated carbocycles. The van der Waals surface area contributed by atoms with Gasteiger partial charge in [0.25, 0.3) is 0 Å². The van der Waals surface area contributed by atoms with Crippen LogP contribution in [-0.2, 0) is 4.79 Å². The third-order valence-electron chi connectivity index (χ3n) is 3.30. The smallest absolute Gasteiger partial charge is 0.248 e. The molecular formula is C18H17BrClNO4. The molecule has 7 heteroatoms. The highest BCUT2D eigenvalue weighted by Crippen LogP contribution is 2.38. The molecule has 0 saturated heterocycles. The second-order valence-electron chi connectivity index (χ2n) is 4.91. The Kier molecular flexibility index (Phi) is 6.73. The maximum Gasteiger partial charge on any atom is 0.248 e. The molecule has 0 aromatic heterocycles. The van der Waals surface area contributed by atoms with Gasteiger partial charge in [0, 0.05) is 10.5 Å². The lowest BCUT2D eigenvalue weighted by Gasteiger charge is -2.12. The van der Waals surface area contributed by atoms with E-state index in [2.05, 4.69) is 21.2 Å². The fourth-order valence-electron chi connectivity index (χ4n) is 2.13. The van der Waals surface area contributed by atoms with E-state index in [1.807, 2.05) is 0 Å². The molecule has 132 valence electrons. The van der Waals surface area contributed by atoms with Crippen molar-refractivity contribution in [3.8, 4) is 17.2 Å². The second kappa shape index (κ2) is 8.78. The minimum absolute atomic E-state index is 0.307. The minimum atomic E-state index is -0.307. The van der Waals surface area contributed by atoms with E-state index >= 15 is 0 Å². The van der Waals surface area contributed by atoms with Crippen LogP contribution < -0.4 is 19.5 Å². The highest BCUT2D eigenvalue weighted by molar-refractivity contribution is 9.10. The maximum absolute atomic E-state index is 12.1. The van der Waals surface area contributed by atoms with E-state index in [-0.39, 0.29) is 5.91 Å². The number of methoxy groups -OCH3 is 3. The number of hydrogen-bond donors (Lipinski definition) is 1. The minimum Gasteiger partial charge on any atom is -0.493 e.